The van der Waals surface area contributed by atoms with Crippen LogP contribution in [0.2, 0.25) is 0 Å². The summed E-state index contributed by atoms with van der Waals surface area (Å²) in [5.74, 6) is 1.56. The molecule has 14 nitrogen and oxygen atoms in total. The van der Waals surface area contributed by atoms with Crippen LogP contribution in [0.3, 0.4) is 0 Å². The van der Waals surface area contributed by atoms with Gasteiger partial charge in [-0.3, -0.25) is 0 Å². The zero-order valence-electron chi connectivity index (χ0n) is 47.7. The fraction of sp³-hybridized carbons (Fsp3) is 0.111. The number of benzene rings is 10. The molecular weight excluding hydrogens is 1080 g/mol. The summed E-state index contributed by atoms with van der Waals surface area (Å²) in [6, 6.07) is 75.5. The lowest BCUT2D eigenvalue weighted by atomic mass is 10.0. The van der Waals surface area contributed by atoms with Crippen LogP contribution in [0.4, 0.5) is 53.3 Å². The van der Waals surface area contributed by atoms with Gasteiger partial charge in [-0.2, -0.15) is 0 Å². The van der Waals surface area contributed by atoms with E-state index in [0.717, 1.165) is 89.8 Å². The predicted octanol–water partition coefficient (Wildman–Crippen LogP) is 18.4. The Hall–Kier alpha value is -11.1. The lowest BCUT2D eigenvalue weighted by Gasteiger charge is -2.28. The van der Waals surface area contributed by atoms with Gasteiger partial charge in [0.2, 0.25) is 0 Å². The summed E-state index contributed by atoms with van der Waals surface area (Å²) in [5, 5.41) is 0. The number of anilines is 6. The first-order valence-corrected chi connectivity index (χ1v) is 27.7. The number of carbonyl (C=O) groups is 4. The van der Waals surface area contributed by atoms with Gasteiger partial charge in [0.25, 0.3) is 0 Å². The molecule has 0 unspecified atom stereocenters. The Morgan fingerprint density at radius 2 is 0.477 bits per heavy atom. The summed E-state index contributed by atoms with van der Waals surface area (Å²) in [5.41, 5.74) is 13.9. The molecule has 0 radical (unpaired) electrons. The molecule has 0 aliphatic carbocycles. The van der Waals surface area contributed by atoms with E-state index in [9.17, 15) is 19.2 Å². The van der Waals surface area contributed by atoms with Crippen LogP contribution in [-0.4, -0.2) is 24.6 Å². The van der Waals surface area contributed by atoms with Crippen LogP contribution in [0.15, 0.2) is 243 Å². The summed E-state index contributed by atoms with van der Waals surface area (Å²) < 4.78 is 43.5. The van der Waals surface area contributed by atoms with Gasteiger partial charge in [0.05, 0.1) is 0 Å². The second kappa shape index (κ2) is 27.8. The van der Waals surface area contributed by atoms with Crippen molar-refractivity contribution in [3.8, 4) is 34.1 Å². The summed E-state index contributed by atoms with van der Waals surface area (Å²) >= 11 is 0. The van der Waals surface area contributed by atoms with E-state index in [-0.39, 0.29) is 26.4 Å². The number of aryl methyl sites for hydroxylation is 4. The zero-order chi connectivity index (χ0) is 59.8. The van der Waals surface area contributed by atoms with Crippen LogP contribution in [0.25, 0.3) is 11.1 Å². The smallest absolute Gasteiger partial charge is 0.429 e. The van der Waals surface area contributed by atoms with E-state index in [2.05, 4.69) is 58.3 Å². The lowest BCUT2D eigenvalue weighted by Crippen LogP contribution is -2.13. The molecule has 14 heteroatoms. The van der Waals surface area contributed by atoms with Gasteiger partial charge in [-0.15, -0.1) is 0 Å². The van der Waals surface area contributed by atoms with E-state index in [0.29, 0.717) is 23.0 Å². The van der Waals surface area contributed by atoms with Crippen molar-refractivity contribution >= 4 is 58.7 Å². The number of rotatable bonds is 19. The van der Waals surface area contributed by atoms with Gasteiger partial charge in [0, 0.05) is 34.1 Å². The molecule has 10 aromatic rings. The number of hydrogen-bond donors (Lipinski definition) is 0. The van der Waals surface area contributed by atoms with E-state index < -0.39 is 24.6 Å². The Morgan fingerprint density at radius 1 is 0.267 bits per heavy atom. The number of para-hydroxylation sites is 4. The first-order chi connectivity index (χ1) is 41.9. The third kappa shape index (κ3) is 15.3. The highest BCUT2D eigenvalue weighted by atomic mass is 16.7. The van der Waals surface area contributed by atoms with Gasteiger partial charge in [0.1, 0.15) is 49.4 Å². The molecular formula is C72H60N2O12. The summed E-state index contributed by atoms with van der Waals surface area (Å²) in [6.45, 7) is 7.92. The molecule has 0 aliphatic rings. The maximum atomic E-state index is 12.6. The molecule has 0 N–H and O–H groups in total. The van der Waals surface area contributed by atoms with Crippen LogP contribution in [0.1, 0.15) is 44.5 Å². The second-order valence-electron chi connectivity index (χ2n) is 20.0. The van der Waals surface area contributed by atoms with Gasteiger partial charge in [-0.05, 0) is 205 Å². The van der Waals surface area contributed by atoms with Crippen LogP contribution in [0.5, 0.6) is 23.0 Å². The predicted molar refractivity (Wildman–Crippen MR) is 329 cm³/mol. The van der Waals surface area contributed by atoms with Crippen molar-refractivity contribution in [2.24, 2.45) is 0 Å². The first-order valence-electron chi connectivity index (χ1n) is 27.7. The highest BCUT2D eigenvalue weighted by molar-refractivity contribution is 5.82. The van der Waals surface area contributed by atoms with Gasteiger partial charge in [-0.25, -0.2) is 19.2 Å². The summed E-state index contributed by atoms with van der Waals surface area (Å²) in [4.78, 5) is 54.8. The molecule has 0 bridgehead atoms. The molecule has 10 aromatic carbocycles. The van der Waals surface area contributed by atoms with Crippen molar-refractivity contribution in [1.29, 1.82) is 0 Å². The van der Waals surface area contributed by atoms with Crippen LogP contribution < -0.4 is 28.7 Å². The largest absolute Gasteiger partial charge is 0.514 e. The Bertz CT molecular complexity index is 3480. The van der Waals surface area contributed by atoms with Crippen molar-refractivity contribution in [3.63, 3.8) is 0 Å². The molecule has 0 spiro atoms. The molecule has 10 rings (SSSR count). The van der Waals surface area contributed by atoms with Gasteiger partial charge in [-0.1, -0.05) is 121 Å². The number of hydrogen-bond acceptors (Lipinski definition) is 14. The van der Waals surface area contributed by atoms with Gasteiger partial charge < -0.3 is 47.7 Å². The topological polar surface area (TPSA) is 149 Å². The van der Waals surface area contributed by atoms with E-state index in [1.165, 1.54) is 0 Å². The molecule has 0 amide bonds. The first kappa shape index (κ1) is 58.1. The van der Waals surface area contributed by atoms with Crippen molar-refractivity contribution < 1.29 is 57.1 Å². The maximum Gasteiger partial charge on any atom is 0.514 e. The number of nitrogens with zero attached hydrogens (tertiary/aromatic N) is 2. The fourth-order valence-corrected chi connectivity index (χ4v) is 9.43. The average Bonchev–Trinajstić information content (AvgIpc) is 3.71. The third-order valence-electron chi connectivity index (χ3n) is 14.1. The van der Waals surface area contributed by atoms with Crippen molar-refractivity contribution in [1.82, 2.24) is 0 Å². The molecule has 0 saturated carbocycles. The van der Waals surface area contributed by atoms with Crippen LogP contribution in [0, 0.1) is 27.7 Å². The molecule has 0 aromatic heterocycles. The Kier molecular flexibility index (Phi) is 18.8. The normalized spacial score (nSPS) is 10.7. The fourth-order valence-electron chi connectivity index (χ4n) is 9.43. The minimum Gasteiger partial charge on any atom is -0.429 e. The van der Waals surface area contributed by atoms with Gasteiger partial charge in [0.15, 0.2) is 0 Å². The van der Waals surface area contributed by atoms with E-state index >= 15 is 0 Å². The second-order valence-corrected chi connectivity index (χ2v) is 20.0. The molecule has 0 heterocycles. The molecule has 0 saturated heterocycles. The quantitative estimate of drug-likeness (QED) is 0.0429. The maximum absolute atomic E-state index is 12.6. The van der Waals surface area contributed by atoms with Crippen molar-refractivity contribution in [3.05, 3.63) is 287 Å². The molecule has 0 fully saturated rings. The van der Waals surface area contributed by atoms with Crippen molar-refractivity contribution in [2.75, 3.05) is 9.80 Å². The number of ether oxygens (including phenoxy) is 8. The van der Waals surface area contributed by atoms with Crippen LogP contribution in [-0.2, 0) is 45.4 Å². The highest BCUT2D eigenvalue weighted by Crippen LogP contribution is 2.40. The molecule has 430 valence electrons. The minimum absolute atomic E-state index is 0.0107. The molecule has 0 atom stereocenters. The summed E-state index contributed by atoms with van der Waals surface area (Å²) in [6.07, 6.45) is -3.21. The van der Waals surface area contributed by atoms with E-state index in [4.69, 9.17) is 37.9 Å². The Morgan fingerprint density at radius 3 is 0.686 bits per heavy atom. The van der Waals surface area contributed by atoms with Gasteiger partial charge >= 0.3 is 24.6 Å². The Balaban J connectivity index is 0.905. The summed E-state index contributed by atoms with van der Waals surface area (Å²) in [7, 11) is 0. The molecule has 0 aliphatic heterocycles. The SMILES string of the molecule is Cc1cc(N(c2ccc(-c3ccc(N(c4ccc(COC(=O)Oc5ccccc5)c(C)c4)c4ccc(COC(=O)Oc5ccccc5)c(C)c4)cc3)cc2)c2ccc(COC(=O)Oc3ccccc3)c(C)c2)ccc1COC(=O)Oc1ccccc1. The monoisotopic (exact) mass is 1140 g/mol. The number of carbonyl (C=O) groups excluding carboxylic acids is 4. The van der Waals surface area contributed by atoms with Crippen LogP contribution >= 0.6 is 0 Å². The Labute approximate surface area is 498 Å². The standard InChI is InChI=1S/C72H60N2O12/c1-49-41-61(37-29-55(49)45-79-69(75)83-65-17-9-5-10-18-65)73(62-38-30-56(50(2)42-62)46-80-70(76)84-66-19-11-6-12-20-66)59-33-25-53(26-34-59)54-27-35-60(36-28-54)74(63-39-31-57(51(3)43-63)47-81-71(77)85-67-21-13-7-14-22-67)64-40-32-58(52(4)44-64)48-82-72(78)86-68-23-15-8-16-24-68/h5-44H,45-48H2,1-4H3. The average molecular weight is 1150 g/mol. The zero-order valence-corrected chi connectivity index (χ0v) is 47.7. The van der Waals surface area contributed by atoms with E-state index in [1.807, 2.05) is 125 Å². The van der Waals surface area contributed by atoms with E-state index in [1.54, 1.807) is 97.1 Å². The molecule has 86 heavy (non-hydrogen) atoms. The third-order valence-corrected chi connectivity index (χ3v) is 14.1. The highest BCUT2D eigenvalue weighted by Gasteiger charge is 2.20. The van der Waals surface area contributed by atoms with Crippen molar-refractivity contribution in [2.45, 2.75) is 54.1 Å². The lowest BCUT2D eigenvalue weighted by molar-refractivity contribution is 0.0916. The minimum atomic E-state index is -0.802.